The second-order valence-corrected chi connectivity index (χ2v) is 6.11. The van der Waals surface area contributed by atoms with Crippen LogP contribution in [-0.2, 0) is 6.42 Å². The summed E-state index contributed by atoms with van der Waals surface area (Å²) in [5.41, 5.74) is 2.01. The minimum atomic E-state index is 0.0711. The summed E-state index contributed by atoms with van der Waals surface area (Å²) in [6.07, 6.45) is 0.993. The summed E-state index contributed by atoms with van der Waals surface area (Å²) >= 11 is 0. The van der Waals surface area contributed by atoms with Gasteiger partial charge in [0.05, 0.1) is 6.54 Å². The molecule has 5 heteroatoms. The first kappa shape index (κ1) is 16.0. The third kappa shape index (κ3) is 3.39. The van der Waals surface area contributed by atoms with Crippen molar-refractivity contribution in [1.82, 2.24) is 14.7 Å². The van der Waals surface area contributed by atoms with Crippen LogP contribution < -0.4 is 0 Å². The number of likely N-dealkylation sites (N-methyl/N-ethyl adjacent to an activating group) is 1. The summed E-state index contributed by atoms with van der Waals surface area (Å²) in [4.78, 5) is 24.0. The largest absolute Gasteiger partial charge is 0.340 e. The molecule has 0 atom stereocenters. The van der Waals surface area contributed by atoms with Gasteiger partial charge in [-0.3, -0.25) is 14.7 Å². The Hall–Kier alpha value is -1.88. The Morgan fingerprint density at radius 3 is 2.35 bits per heavy atom. The summed E-state index contributed by atoms with van der Waals surface area (Å²) < 4.78 is 0. The molecule has 0 N–H and O–H groups in total. The summed E-state index contributed by atoms with van der Waals surface area (Å²) in [5.74, 6) is 0.937. The van der Waals surface area contributed by atoms with E-state index in [1.54, 1.807) is 0 Å². The van der Waals surface area contributed by atoms with Crippen molar-refractivity contribution in [2.45, 2.75) is 20.3 Å². The molecule has 3 rings (SSSR count). The average molecular weight is 314 g/mol. The summed E-state index contributed by atoms with van der Waals surface area (Å²) in [6, 6.07) is 7.96. The van der Waals surface area contributed by atoms with E-state index in [1.807, 2.05) is 29.2 Å². The monoisotopic (exact) mass is 314 g/mol. The molecule has 0 saturated carbocycles. The highest BCUT2D eigenvalue weighted by Crippen LogP contribution is 2.15. The smallest absolute Gasteiger partial charge is 0.260 e. The minimum absolute atomic E-state index is 0.0711. The lowest BCUT2D eigenvalue weighted by Gasteiger charge is -2.37. The Bertz CT molecular complexity index is 573. The number of hydrogen-bond acceptors (Lipinski definition) is 4. The first-order valence-electron chi connectivity index (χ1n) is 8.65. The van der Waals surface area contributed by atoms with Crippen LogP contribution in [0.15, 0.2) is 29.3 Å². The maximum atomic E-state index is 12.8. The van der Waals surface area contributed by atoms with Gasteiger partial charge in [-0.25, -0.2) is 0 Å². The lowest BCUT2D eigenvalue weighted by molar-refractivity contribution is 0.0834. The topological polar surface area (TPSA) is 39.2 Å². The van der Waals surface area contributed by atoms with Gasteiger partial charge in [-0.05, 0) is 30.7 Å². The highest BCUT2D eigenvalue weighted by Gasteiger charge is 2.30. The van der Waals surface area contributed by atoms with E-state index in [-0.39, 0.29) is 5.91 Å². The Balaban J connectivity index is 1.69. The Kier molecular flexibility index (Phi) is 4.96. The number of nitrogens with zero attached hydrogens (tertiary/aromatic N) is 4. The van der Waals surface area contributed by atoms with Gasteiger partial charge in [-0.15, -0.1) is 0 Å². The van der Waals surface area contributed by atoms with Gasteiger partial charge < -0.3 is 9.80 Å². The fourth-order valence-corrected chi connectivity index (χ4v) is 3.20. The van der Waals surface area contributed by atoms with Gasteiger partial charge >= 0.3 is 0 Å². The van der Waals surface area contributed by atoms with Gasteiger partial charge in [0.1, 0.15) is 0 Å². The van der Waals surface area contributed by atoms with E-state index in [4.69, 9.17) is 0 Å². The van der Waals surface area contributed by atoms with Crippen LogP contribution >= 0.6 is 0 Å². The number of piperazine rings is 1. The number of amides is 1. The zero-order valence-corrected chi connectivity index (χ0v) is 14.2. The first-order chi connectivity index (χ1) is 11.2. The fraction of sp³-hybridized carbons (Fsp3) is 0.556. The zero-order valence-electron chi connectivity index (χ0n) is 14.2. The number of rotatable bonds is 3. The normalized spacial score (nSPS) is 19.1. The molecule has 1 fully saturated rings. The van der Waals surface area contributed by atoms with Crippen LogP contribution in [0.25, 0.3) is 0 Å². The number of carbonyl (C=O) groups excluding carboxylic acids is 1. The SMILES string of the molecule is CCc1ccc(C(=O)N2CCN=C2N2CCN(CC)CC2)cc1. The highest BCUT2D eigenvalue weighted by molar-refractivity contribution is 6.06. The molecule has 1 saturated heterocycles. The summed E-state index contributed by atoms with van der Waals surface area (Å²) in [5, 5.41) is 0. The Morgan fingerprint density at radius 2 is 1.74 bits per heavy atom. The highest BCUT2D eigenvalue weighted by atomic mass is 16.2. The number of benzene rings is 1. The van der Waals surface area contributed by atoms with E-state index in [2.05, 4.69) is 28.6 Å². The lowest BCUT2D eigenvalue weighted by atomic mass is 10.1. The van der Waals surface area contributed by atoms with E-state index in [9.17, 15) is 4.79 Å². The van der Waals surface area contributed by atoms with Gasteiger partial charge in [0.2, 0.25) is 5.96 Å². The van der Waals surface area contributed by atoms with Gasteiger partial charge in [0.15, 0.2) is 0 Å². The summed E-state index contributed by atoms with van der Waals surface area (Å²) in [6.45, 7) is 10.8. The van der Waals surface area contributed by atoms with E-state index >= 15 is 0 Å². The van der Waals surface area contributed by atoms with E-state index in [1.165, 1.54) is 5.56 Å². The third-order valence-electron chi connectivity index (χ3n) is 4.77. The number of aryl methyl sites for hydroxylation is 1. The molecular formula is C18H26N4O. The number of carbonyl (C=O) groups is 1. The maximum Gasteiger partial charge on any atom is 0.260 e. The van der Waals surface area contributed by atoms with Crippen LogP contribution in [0.4, 0.5) is 0 Å². The Labute approximate surface area is 138 Å². The Morgan fingerprint density at radius 1 is 1.04 bits per heavy atom. The van der Waals surface area contributed by atoms with E-state index in [0.717, 1.165) is 50.7 Å². The van der Waals surface area contributed by atoms with Crippen molar-refractivity contribution in [2.75, 3.05) is 45.8 Å². The van der Waals surface area contributed by atoms with Gasteiger partial charge in [0, 0.05) is 38.3 Å². The van der Waals surface area contributed by atoms with Crippen LogP contribution in [0.5, 0.6) is 0 Å². The fourth-order valence-electron chi connectivity index (χ4n) is 3.20. The molecule has 0 bridgehead atoms. The minimum Gasteiger partial charge on any atom is -0.340 e. The third-order valence-corrected chi connectivity index (χ3v) is 4.77. The standard InChI is InChI=1S/C18H26N4O/c1-3-15-5-7-16(8-6-15)17(23)22-10-9-19-18(22)21-13-11-20(4-2)12-14-21/h5-8H,3-4,9-14H2,1-2H3. The van der Waals surface area contributed by atoms with E-state index < -0.39 is 0 Å². The average Bonchev–Trinajstić information content (AvgIpc) is 3.11. The molecule has 2 heterocycles. The lowest BCUT2D eigenvalue weighted by Crippen LogP contribution is -2.53. The predicted molar refractivity (Wildman–Crippen MR) is 92.8 cm³/mol. The molecule has 1 aromatic rings. The van der Waals surface area contributed by atoms with Crippen LogP contribution in [0.2, 0.25) is 0 Å². The molecule has 1 aromatic carbocycles. The molecule has 2 aliphatic heterocycles. The number of guanidine groups is 1. The van der Waals surface area contributed by atoms with Crippen molar-refractivity contribution in [1.29, 1.82) is 0 Å². The molecule has 0 aromatic heterocycles. The van der Waals surface area contributed by atoms with Gasteiger partial charge in [0.25, 0.3) is 5.91 Å². The second-order valence-electron chi connectivity index (χ2n) is 6.11. The quantitative estimate of drug-likeness (QED) is 0.852. The number of aliphatic imine (C=N–C) groups is 1. The molecular weight excluding hydrogens is 288 g/mol. The second kappa shape index (κ2) is 7.13. The van der Waals surface area contributed by atoms with Crippen molar-refractivity contribution < 1.29 is 4.79 Å². The van der Waals surface area contributed by atoms with Crippen molar-refractivity contribution in [3.05, 3.63) is 35.4 Å². The first-order valence-corrected chi connectivity index (χ1v) is 8.65. The molecule has 0 radical (unpaired) electrons. The molecule has 124 valence electrons. The zero-order chi connectivity index (χ0) is 16.2. The van der Waals surface area contributed by atoms with Crippen molar-refractivity contribution >= 4 is 11.9 Å². The molecule has 0 spiro atoms. The number of hydrogen-bond donors (Lipinski definition) is 0. The molecule has 0 aliphatic carbocycles. The predicted octanol–water partition coefficient (Wildman–Crippen LogP) is 1.70. The maximum absolute atomic E-state index is 12.8. The molecule has 2 aliphatic rings. The van der Waals surface area contributed by atoms with Crippen LogP contribution in [0.3, 0.4) is 0 Å². The van der Waals surface area contributed by atoms with Crippen molar-refractivity contribution in [3.8, 4) is 0 Å². The van der Waals surface area contributed by atoms with Crippen molar-refractivity contribution in [2.24, 2.45) is 4.99 Å². The van der Waals surface area contributed by atoms with Crippen LogP contribution in [-0.4, -0.2) is 72.4 Å². The molecule has 5 nitrogen and oxygen atoms in total. The van der Waals surface area contributed by atoms with Gasteiger partial charge in [-0.2, -0.15) is 0 Å². The van der Waals surface area contributed by atoms with Crippen LogP contribution in [0, 0.1) is 0 Å². The van der Waals surface area contributed by atoms with Crippen LogP contribution in [0.1, 0.15) is 29.8 Å². The molecule has 0 unspecified atom stereocenters. The molecule has 1 amide bonds. The van der Waals surface area contributed by atoms with E-state index in [0.29, 0.717) is 13.1 Å². The van der Waals surface area contributed by atoms with Gasteiger partial charge in [-0.1, -0.05) is 26.0 Å². The summed E-state index contributed by atoms with van der Waals surface area (Å²) in [7, 11) is 0. The van der Waals surface area contributed by atoms with Crippen molar-refractivity contribution in [3.63, 3.8) is 0 Å². The molecule has 23 heavy (non-hydrogen) atoms.